The molecule has 0 amide bonds. The monoisotopic (exact) mass is 402 g/mol. The summed E-state index contributed by atoms with van der Waals surface area (Å²) in [6.45, 7) is 0.733. The number of hydrogen-bond acceptors (Lipinski definition) is 6. The van der Waals surface area contributed by atoms with Crippen molar-refractivity contribution >= 4 is 22.6 Å². The molecule has 1 aliphatic rings. The fraction of sp³-hybridized carbons (Fsp3) is 0.286. The number of β-amino-alcohol motifs (C(OH)–C–C–N with tert-alkyl or cyclic N) is 1. The number of fused-ring (bicyclic) bond motifs is 1. The number of likely N-dealkylation sites (N-methyl/N-ethyl adjacent to an activating group) is 1. The first-order valence-corrected chi connectivity index (χ1v) is 9.25. The Bertz CT molecular complexity index is 1160. The van der Waals surface area contributed by atoms with Gasteiger partial charge in [0.15, 0.2) is 5.43 Å². The highest BCUT2D eigenvalue weighted by Crippen LogP contribution is 2.42. The SMILES string of the molecule is [2H][C@]1(c2c(O)cc(O)c3c(=O)cc(-c4ccccc4Cl)oc23)CCN(C)C[C@H]1O. The number of aliphatic hydroxyl groups is 1. The molecule has 146 valence electrons. The lowest BCUT2D eigenvalue weighted by Crippen LogP contribution is -2.40. The van der Waals surface area contributed by atoms with E-state index in [0.717, 1.165) is 6.07 Å². The molecule has 7 heteroatoms. The highest BCUT2D eigenvalue weighted by atomic mass is 35.5. The van der Waals surface area contributed by atoms with Gasteiger partial charge < -0.3 is 24.6 Å². The van der Waals surface area contributed by atoms with Gasteiger partial charge in [-0.1, -0.05) is 23.7 Å². The summed E-state index contributed by atoms with van der Waals surface area (Å²) in [6.07, 6.45) is -0.924. The first-order valence-electron chi connectivity index (χ1n) is 9.37. The van der Waals surface area contributed by atoms with Crippen molar-refractivity contribution in [2.24, 2.45) is 0 Å². The minimum atomic E-state index is -1.61. The highest BCUT2D eigenvalue weighted by molar-refractivity contribution is 6.33. The van der Waals surface area contributed by atoms with E-state index in [9.17, 15) is 20.1 Å². The third-order valence-corrected chi connectivity index (χ3v) is 5.40. The summed E-state index contributed by atoms with van der Waals surface area (Å²) < 4.78 is 14.9. The van der Waals surface area contributed by atoms with E-state index < -0.39 is 28.9 Å². The van der Waals surface area contributed by atoms with Crippen LogP contribution in [0.2, 0.25) is 5.02 Å². The molecule has 0 bridgehead atoms. The number of halogens is 1. The van der Waals surface area contributed by atoms with Crippen LogP contribution in [-0.4, -0.2) is 46.5 Å². The maximum absolute atomic E-state index is 12.8. The molecule has 3 aromatic rings. The number of piperidine rings is 1. The van der Waals surface area contributed by atoms with Gasteiger partial charge in [-0.25, -0.2) is 0 Å². The summed E-state index contributed by atoms with van der Waals surface area (Å²) in [5.74, 6) is -2.33. The van der Waals surface area contributed by atoms with Crippen molar-refractivity contribution < 1.29 is 21.1 Å². The van der Waals surface area contributed by atoms with E-state index in [2.05, 4.69) is 0 Å². The molecule has 3 N–H and O–H groups in total. The van der Waals surface area contributed by atoms with E-state index in [4.69, 9.17) is 17.4 Å². The zero-order chi connectivity index (χ0) is 20.9. The second-order valence-corrected chi connectivity index (χ2v) is 7.41. The predicted molar refractivity (Wildman–Crippen MR) is 107 cm³/mol. The first-order chi connectivity index (χ1) is 13.7. The Morgan fingerprint density at radius 1 is 1.25 bits per heavy atom. The smallest absolute Gasteiger partial charge is 0.197 e. The molecule has 2 heterocycles. The Balaban J connectivity index is 2.05. The van der Waals surface area contributed by atoms with Gasteiger partial charge in [0.2, 0.25) is 0 Å². The number of likely N-dealkylation sites (tertiary alicyclic amines) is 1. The molecule has 0 saturated carbocycles. The van der Waals surface area contributed by atoms with Gasteiger partial charge in [0.1, 0.15) is 28.2 Å². The van der Waals surface area contributed by atoms with Gasteiger partial charge >= 0.3 is 0 Å². The van der Waals surface area contributed by atoms with Crippen LogP contribution in [0.4, 0.5) is 0 Å². The van der Waals surface area contributed by atoms with Crippen LogP contribution in [0.15, 0.2) is 45.6 Å². The van der Waals surface area contributed by atoms with E-state index in [-0.39, 0.29) is 35.3 Å². The molecule has 28 heavy (non-hydrogen) atoms. The number of phenolic OH excluding ortho intramolecular Hbond substituents is 2. The molecule has 2 aromatic carbocycles. The van der Waals surface area contributed by atoms with Crippen LogP contribution in [0.5, 0.6) is 11.5 Å². The van der Waals surface area contributed by atoms with Crippen molar-refractivity contribution in [3.63, 3.8) is 0 Å². The van der Waals surface area contributed by atoms with Gasteiger partial charge in [-0.3, -0.25) is 4.79 Å². The van der Waals surface area contributed by atoms with Gasteiger partial charge in [-0.2, -0.15) is 0 Å². The summed E-state index contributed by atoms with van der Waals surface area (Å²) in [4.78, 5) is 14.7. The maximum atomic E-state index is 12.8. The lowest BCUT2D eigenvalue weighted by Gasteiger charge is -2.34. The van der Waals surface area contributed by atoms with Gasteiger partial charge in [0.25, 0.3) is 0 Å². The molecule has 0 spiro atoms. The second kappa shape index (κ2) is 7.13. The van der Waals surface area contributed by atoms with Crippen molar-refractivity contribution in [1.82, 2.24) is 4.90 Å². The van der Waals surface area contributed by atoms with Crippen molar-refractivity contribution in [1.29, 1.82) is 0 Å². The van der Waals surface area contributed by atoms with Crippen LogP contribution in [0.25, 0.3) is 22.3 Å². The first kappa shape index (κ1) is 17.6. The quantitative estimate of drug-likeness (QED) is 0.609. The lowest BCUT2D eigenvalue weighted by atomic mass is 9.85. The molecule has 1 fully saturated rings. The summed E-state index contributed by atoms with van der Waals surface area (Å²) in [5.41, 5.74) is -0.212. The van der Waals surface area contributed by atoms with Crippen LogP contribution in [0, 0.1) is 0 Å². The average molecular weight is 403 g/mol. The zero-order valence-corrected chi connectivity index (χ0v) is 15.9. The topological polar surface area (TPSA) is 94.1 Å². The number of aliphatic hydroxyl groups excluding tert-OH is 1. The molecule has 1 aromatic heterocycles. The zero-order valence-electron chi connectivity index (χ0n) is 16.1. The van der Waals surface area contributed by atoms with E-state index in [1.165, 1.54) is 6.07 Å². The van der Waals surface area contributed by atoms with Crippen LogP contribution in [0.1, 0.15) is 19.2 Å². The van der Waals surface area contributed by atoms with E-state index >= 15 is 0 Å². The second-order valence-electron chi connectivity index (χ2n) is 7.00. The van der Waals surface area contributed by atoms with Crippen molar-refractivity contribution in [3.05, 3.63) is 57.2 Å². The average Bonchev–Trinajstić information content (AvgIpc) is 2.65. The van der Waals surface area contributed by atoms with Crippen LogP contribution in [-0.2, 0) is 0 Å². The number of rotatable bonds is 2. The number of nitrogens with zero attached hydrogens (tertiary/aromatic N) is 1. The Hall–Kier alpha value is -2.54. The summed E-state index contributed by atoms with van der Waals surface area (Å²) in [5, 5.41) is 31.8. The Kier molecular flexibility index (Phi) is 4.47. The standard InChI is InChI=1S/C21H20ClNO5/c1-23-7-6-12(17(27)10-23)19-14(24)8-15(25)20-16(26)9-18(28-21(19)20)11-4-2-3-5-13(11)22/h2-5,8-9,12,17,24-25,27H,6-7,10H2,1H3/t12-,17+/m0/s1/i12D. The molecule has 2 atom stereocenters. The van der Waals surface area contributed by atoms with Crippen LogP contribution < -0.4 is 5.43 Å². The molecule has 0 unspecified atom stereocenters. The molecule has 1 aliphatic heterocycles. The Labute approximate surface area is 167 Å². The maximum Gasteiger partial charge on any atom is 0.197 e. The molecule has 4 rings (SSSR count). The van der Waals surface area contributed by atoms with Gasteiger partial charge in [-0.15, -0.1) is 0 Å². The van der Waals surface area contributed by atoms with Gasteiger partial charge in [0.05, 0.1) is 11.1 Å². The summed E-state index contributed by atoms with van der Waals surface area (Å²) >= 11 is 6.24. The fourth-order valence-corrected chi connectivity index (χ4v) is 3.90. The normalized spacial score (nSPS) is 23.7. The number of phenols is 2. The molecule has 0 radical (unpaired) electrons. The van der Waals surface area contributed by atoms with E-state index in [1.807, 2.05) is 11.9 Å². The fourth-order valence-electron chi connectivity index (χ4n) is 3.67. The Morgan fingerprint density at radius 3 is 2.71 bits per heavy atom. The molecule has 0 aliphatic carbocycles. The predicted octanol–water partition coefficient (Wildman–Crippen LogP) is 3.30. The van der Waals surface area contributed by atoms with Gasteiger partial charge in [0, 0.05) is 37.1 Å². The molecular formula is C21H20ClNO5. The number of hydrogen-bond donors (Lipinski definition) is 3. The van der Waals surface area contributed by atoms with Crippen molar-refractivity contribution in [3.8, 4) is 22.8 Å². The van der Waals surface area contributed by atoms with Crippen LogP contribution in [0.3, 0.4) is 0 Å². The number of aromatic hydroxyl groups is 2. The van der Waals surface area contributed by atoms with E-state index in [0.29, 0.717) is 17.1 Å². The van der Waals surface area contributed by atoms with Gasteiger partial charge in [-0.05, 0) is 32.1 Å². The van der Waals surface area contributed by atoms with E-state index in [1.54, 1.807) is 24.3 Å². The third kappa shape index (κ3) is 3.13. The number of benzene rings is 2. The van der Waals surface area contributed by atoms with Crippen molar-refractivity contribution in [2.75, 3.05) is 20.1 Å². The minimum absolute atomic E-state index is 0.0168. The van der Waals surface area contributed by atoms with Crippen LogP contribution >= 0.6 is 11.6 Å². The molecule has 6 nitrogen and oxygen atoms in total. The summed E-state index contributed by atoms with van der Waals surface area (Å²) in [7, 11) is 1.83. The molecular weight excluding hydrogens is 382 g/mol. The Morgan fingerprint density at radius 2 is 2.00 bits per heavy atom. The molecule has 1 saturated heterocycles. The highest BCUT2D eigenvalue weighted by Gasteiger charge is 2.33. The minimum Gasteiger partial charge on any atom is -0.507 e. The largest absolute Gasteiger partial charge is 0.507 e. The summed E-state index contributed by atoms with van der Waals surface area (Å²) in [6, 6.07) is 9.03. The third-order valence-electron chi connectivity index (χ3n) is 5.07. The lowest BCUT2D eigenvalue weighted by molar-refractivity contribution is 0.0630. The van der Waals surface area contributed by atoms with Crippen molar-refractivity contribution in [2.45, 2.75) is 18.4 Å².